The van der Waals surface area contributed by atoms with Crippen molar-refractivity contribution in [2.75, 3.05) is 0 Å². The third-order valence-electron chi connectivity index (χ3n) is 4.58. The van der Waals surface area contributed by atoms with Crippen LogP contribution in [0.5, 0.6) is 5.88 Å². The molecule has 3 aromatic heterocycles. The van der Waals surface area contributed by atoms with Gasteiger partial charge >= 0.3 is 5.69 Å². The molecular weight excluding hydrogens is 388 g/mol. The predicted molar refractivity (Wildman–Crippen MR) is 109 cm³/mol. The first-order chi connectivity index (χ1) is 14.2. The molecule has 5 rings (SSSR count). The van der Waals surface area contributed by atoms with E-state index in [0.29, 0.717) is 16.9 Å². The van der Waals surface area contributed by atoms with Crippen molar-refractivity contribution in [2.24, 2.45) is 4.99 Å². The van der Waals surface area contributed by atoms with E-state index in [1.165, 1.54) is 5.56 Å². The number of aromatic amines is 2. The molecule has 4 aromatic rings. The van der Waals surface area contributed by atoms with Crippen LogP contribution < -0.4 is 16.4 Å². The fraction of sp³-hybridized carbons (Fsp3) is 0.200. The summed E-state index contributed by atoms with van der Waals surface area (Å²) in [5.41, 5.74) is 2.43. The maximum atomic E-state index is 11.4. The highest BCUT2D eigenvalue weighted by Crippen LogP contribution is 2.23. The molecule has 0 amide bonds. The average molecular weight is 406 g/mol. The van der Waals surface area contributed by atoms with Gasteiger partial charge in [0.25, 0.3) is 0 Å². The van der Waals surface area contributed by atoms with Crippen molar-refractivity contribution in [1.82, 2.24) is 24.6 Å². The highest BCUT2D eigenvalue weighted by Gasteiger charge is 2.20. The minimum atomic E-state index is -0.471. The van der Waals surface area contributed by atoms with Crippen LogP contribution >= 0.6 is 11.8 Å². The molecular formula is C20H18N6O2S. The zero-order chi connectivity index (χ0) is 19.8. The van der Waals surface area contributed by atoms with Gasteiger partial charge in [-0.25, -0.2) is 9.78 Å². The topological polar surface area (TPSA) is 111 Å². The Morgan fingerprint density at radius 3 is 2.83 bits per heavy atom. The van der Waals surface area contributed by atoms with E-state index >= 15 is 0 Å². The Kier molecular flexibility index (Phi) is 4.44. The van der Waals surface area contributed by atoms with Gasteiger partial charge in [0.1, 0.15) is 10.7 Å². The number of hydrogen-bond acceptors (Lipinski definition) is 6. The third-order valence-corrected chi connectivity index (χ3v) is 5.57. The second-order valence-electron chi connectivity index (χ2n) is 6.91. The fourth-order valence-corrected chi connectivity index (χ4v) is 3.83. The smallest absolute Gasteiger partial charge is 0.326 e. The van der Waals surface area contributed by atoms with Crippen molar-refractivity contribution >= 4 is 23.5 Å². The largest absolute Gasteiger partial charge is 0.493 e. The van der Waals surface area contributed by atoms with Crippen LogP contribution in [0.25, 0.3) is 11.7 Å². The molecule has 3 heterocycles. The number of H-pyrrole nitrogens is 2. The van der Waals surface area contributed by atoms with E-state index in [0.717, 1.165) is 29.1 Å². The lowest BCUT2D eigenvalue weighted by Crippen LogP contribution is -2.19. The van der Waals surface area contributed by atoms with Crippen LogP contribution in [0.15, 0.2) is 57.4 Å². The second-order valence-corrected chi connectivity index (χ2v) is 7.90. The molecule has 0 bridgehead atoms. The first-order valence-corrected chi connectivity index (χ1v) is 10.3. The van der Waals surface area contributed by atoms with E-state index in [9.17, 15) is 9.90 Å². The number of imidazole rings is 1. The summed E-state index contributed by atoms with van der Waals surface area (Å²) >= 11 is 1.64. The quantitative estimate of drug-likeness (QED) is 0.342. The van der Waals surface area contributed by atoms with Crippen molar-refractivity contribution < 1.29 is 5.11 Å². The molecule has 1 aromatic carbocycles. The van der Waals surface area contributed by atoms with Crippen LogP contribution in [-0.2, 0) is 5.75 Å². The van der Waals surface area contributed by atoms with Gasteiger partial charge < -0.3 is 10.1 Å². The number of nitrogens with zero attached hydrogens (tertiary/aromatic N) is 4. The molecule has 0 atom stereocenters. The fourth-order valence-electron chi connectivity index (χ4n) is 2.98. The van der Waals surface area contributed by atoms with E-state index < -0.39 is 5.69 Å². The van der Waals surface area contributed by atoms with Gasteiger partial charge in [0.2, 0.25) is 5.88 Å². The SMILES string of the molecule is O=c1[nH]c(O)c(C=c2cnn3c(=NC4CC4)cc(SCc4ccccc4)nc23)[nH]1. The average Bonchev–Trinajstić information content (AvgIpc) is 3.36. The lowest BCUT2D eigenvalue weighted by molar-refractivity contribution is 0.454. The number of hydrogen-bond donors (Lipinski definition) is 3. The number of aromatic nitrogens is 5. The van der Waals surface area contributed by atoms with Crippen LogP contribution in [-0.4, -0.2) is 35.7 Å². The normalized spacial score (nSPS) is 15.4. The van der Waals surface area contributed by atoms with Crippen molar-refractivity contribution in [2.45, 2.75) is 29.7 Å². The Hall–Kier alpha value is -3.33. The summed E-state index contributed by atoms with van der Waals surface area (Å²) < 4.78 is 1.71. The Labute approximate surface area is 169 Å². The number of benzene rings is 1. The first-order valence-electron chi connectivity index (χ1n) is 9.28. The van der Waals surface area contributed by atoms with Crippen LogP contribution in [0.3, 0.4) is 0 Å². The monoisotopic (exact) mass is 406 g/mol. The van der Waals surface area contributed by atoms with Gasteiger partial charge in [0.15, 0.2) is 11.1 Å². The van der Waals surface area contributed by atoms with E-state index in [4.69, 9.17) is 9.98 Å². The maximum absolute atomic E-state index is 11.4. The lowest BCUT2D eigenvalue weighted by atomic mass is 10.2. The predicted octanol–water partition coefficient (Wildman–Crippen LogP) is 1.35. The molecule has 3 N–H and O–H groups in total. The van der Waals surface area contributed by atoms with Crippen LogP contribution in [0, 0.1) is 0 Å². The summed E-state index contributed by atoms with van der Waals surface area (Å²) in [5.74, 6) is 0.582. The molecule has 146 valence electrons. The first kappa shape index (κ1) is 17.7. The minimum Gasteiger partial charge on any atom is -0.493 e. The summed E-state index contributed by atoms with van der Waals surface area (Å²) in [5, 5.41) is 15.8. The highest BCUT2D eigenvalue weighted by molar-refractivity contribution is 7.98. The van der Waals surface area contributed by atoms with E-state index in [1.807, 2.05) is 24.3 Å². The van der Waals surface area contributed by atoms with Crippen molar-refractivity contribution in [3.05, 3.63) is 75.0 Å². The molecule has 9 heteroatoms. The highest BCUT2D eigenvalue weighted by atomic mass is 32.2. The number of nitrogens with one attached hydrogen (secondary N) is 2. The minimum absolute atomic E-state index is 0.216. The third kappa shape index (κ3) is 3.81. The number of rotatable bonds is 5. The van der Waals surface area contributed by atoms with Gasteiger partial charge in [-0.2, -0.15) is 9.61 Å². The summed E-state index contributed by atoms with van der Waals surface area (Å²) in [6, 6.07) is 12.5. The Bertz CT molecular complexity index is 1350. The van der Waals surface area contributed by atoms with E-state index in [1.54, 1.807) is 28.6 Å². The summed E-state index contributed by atoms with van der Waals surface area (Å²) in [7, 11) is 0. The molecule has 1 saturated carbocycles. The maximum Gasteiger partial charge on any atom is 0.326 e. The summed E-state index contributed by atoms with van der Waals surface area (Å²) in [6.45, 7) is 0. The molecule has 0 saturated heterocycles. The molecule has 1 fully saturated rings. The van der Waals surface area contributed by atoms with Crippen LogP contribution in [0.2, 0.25) is 0 Å². The van der Waals surface area contributed by atoms with Gasteiger partial charge in [-0.3, -0.25) is 9.98 Å². The molecule has 8 nitrogen and oxygen atoms in total. The van der Waals surface area contributed by atoms with Gasteiger partial charge in [0, 0.05) is 17.0 Å². The Balaban J connectivity index is 1.61. The van der Waals surface area contributed by atoms with Gasteiger partial charge in [-0.15, -0.1) is 11.8 Å². The molecule has 29 heavy (non-hydrogen) atoms. The Morgan fingerprint density at radius 1 is 1.28 bits per heavy atom. The van der Waals surface area contributed by atoms with Crippen LogP contribution in [0.1, 0.15) is 24.1 Å². The summed E-state index contributed by atoms with van der Waals surface area (Å²) in [4.78, 5) is 25.8. The zero-order valence-electron chi connectivity index (χ0n) is 15.4. The molecule has 0 aliphatic heterocycles. The van der Waals surface area contributed by atoms with Gasteiger partial charge in [0.05, 0.1) is 12.2 Å². The Morgan fingerprint density at radius 2 is 2.10 bits per heavy atom. The standard InChI is InChI=1S/C20H18N6O2S/c27-19-15(23-20(28)25-19)8-13-10-21-26-16(22-14-6-7-14)9-17(24-18(13)26)29-11-12-4-2-1-3-5-12/h1-5,8-10,14,27H,6-7,11H2,(H2,23,25,28). The molecule has 0 radical (unpaired) electrons. The number of aromatic hydroxyl groups is 1. The molecule has 1 aliphatic rings. The second kappa shape index (κ2) is 7.25. The number of thioether (sulfide) groups is 1. The van der Waals surface area contributed by atoms with E-state index in [-0.39, 0.29) is 11.6 Å². The van der Waals surface area contributed by atoms with Crippen molar-refractivity contribution in [3.8, 4) is 5.88 Å². The van der Waals surface area contributed by atoms with Crippen molar-refractivity contribution in [1.29, 1.82) is 0 Å². The zero-order valence-corrected chi connectivity index (χ0v) is 16.2. The lowest BCUT2D eigenvalue weighted by Gasteiger charge is -2.03. The van der Waals surface area contributed by atoms with E-state index in [2.05, 4.69) is 27.2 Å². The molecule has 1 aliphatic carbocycles. The summed E-state index contributed by atoms with van der Waals surface area (Å²) in [6.07, 6.45) is 5.49. The molecule has 0 unspecified atom stereocenters. The van der Waals surface area contributed by atoms with Gasteiger partial charge in [-0.05, 0) is 24.5 Å². The molecule has 0 spiro atoms. The number of fused-ring (bicyclic) bond motifs is 1. The van der Waals surface area contributed by atoms with Crippen molar-refractivity contribution in [3.63, 3.8) is 0 Å². The van der Waals surface area contributed by atoms with Crippen LogP contribution in [0.4, 0.5) is 0 Å². The van der Waals surface area contributed by atoms with Gasteiger partial charge in [-0.1, -0.05) is 30.3 Å².